The molecule has 164 valence electrons. The average Bonchev–Trinajstić information content (AvgIpc) is 3.26. The van der Waals surface area contributed by atoms with Crippen LogP contribution >= 0.6 is 0 Å². The number of aryl methyl sites for hydroxylation is 1. The van der Waals surface area contributed by atoms with Crippen LogP contribution in [0.15, 0.2) is 48.8 Å². The molecule has 1 saturated heterocycles. The van der Waals surface area contributed by atoms with Gasteiger partial charge in [0.1, 0.15) is 24.0 Å². The van der Waals surface area contributed by atoms with Crippen molar-refractivity contribution in [3.8, 4) is 28.3 Å². The summed E-state index contributed by atoms with van der Waals surface area (Å²) >= 11 is 0. The van der Waals surface area contributed by atoms with Gasteiger partial charge < -0.3 is 19.5 Å². The van der Waals surface area contributed by atoms with Gasteiger partial charge in [0.05, 0.1) is 13.1 Å². The number of hydrogen-bond donors (Lipinski definition) is 1. The molecule has 32 heavy (non-hydrogen) atoms. The molecule has 0 unspecified atom stereocenters. The van der Waals surface area contributed by atoms with Crippen LogP contribution in [-0.2, 0) is 11.3 Å². The minimum Gasteiger partial charge on any atom is -0.491 e. The second kappa shape index (κ2) is 8.49. The number of ether oxygens (including phenoxy) is 1. The first kappa shape index (κ1) is 20.3. The number of Topliss-reactive ketones (excluding diaryl/α,β-unsaturated/α-hetero) is 1. The standard InChI is InChI=1S/C25H26N4O3/c1-17-14-20(18-2-4-19(5-3-18)24-26-8-9-27-24)15-21-16-29(12-13-32-23(17)21)25(31)28-10-6-22(30)7-11-28/h2-5,8-9,14-15H,6-7,10-13,16H2,1H3,(H,26,27). The van der Waals surface area contributed by atoms with Crippen molar-refractivity contribution in [1.29, 1.82) is 0 Å². The van der Waals surface area contributed by atoms with Crippen molar-refractivity contribution in [1.82, 2.24) is 19.8 Å². The molecule has 2 aliphatic rings. The number of aromatic amines is 1. The third-order valence-corrected chi connectivity index (χ3v) is 6.17. The van der Waals surface area contributed by atoms with Crippen molar-refractivity contribution in [3.05, 3.63) is 59.9 Å². The molecule has 2 amide bonds. The van der Waals surface area contributed by atoms with Crippen molar-refractivity contribution in [2.45, 2.75) is 26.3 Å². The lowest BCUT2D eigenvalue weighted by molar-refractivity contribution is -0.121. The fourth-order valence-electron chi connectivity index (χ4n) is 4.43. The number of nitrogens with zero attached hydrogens (tertiary/aromatic N) is 3. The van der Waals surface area contributed by atoms with Crippen molar-refractivity contribution >= 4 is 11.8 Å². The number of benzene rings is 2. The van der Waals surface area contributed by atoms with E-state index < -0.39 is 0 Å². The van der Waals surface area contributed by atoms with E-state index in [9.17, 15) is 9.59 Å². The number of hydrogen-bond acceptors (Lipinski definition) is 4. The smallest absolute Gasteiger partial charge is 0.320 e. The van der Waals surface area contributed by atoms with Gasteiger partial charge in [-0.3, -0.25) is 4.79 Å². The van der Waals surface area contributed by atoms with E-state index in [-0.39, 0.29) is 11.8 Å². The Bertz CT molecular complexity index is 1130. The Morgan fingerprint density at radius 2 is 1.75 bits per heavy atom. The Morgan fingerprint density at radius 3 is 2.47 bits per heavy atom. The summed E-state index contributed by atoms with van der Waals surface area (Å²) in [6, 6.07) is 12.5. The van der Waals surface area contributed by atoms with Gasteiger partial charge in [0.15, 0.2) is 0 Å². The van der Waals surface area contributed by atoms with Crippen LogP contribution in [0.3, 0.4) is 0 Å². The van der Waals surface area contributed by atoms with Crippen LogP contribution in [-0.4, -0.2) is 57.8 Å². The van der Waals surface area contributed by atoms with Crippen molar-refractivity contribution in [3.63, 3.8) is 0 Å². The van der Waals surface area contributed by atoms with Gasteiger partial charge in [0, 0.05) is 49.5 Å². The Hall–Kier alpha value is -3.61. The summed E-state index contributed by atoms with van der Waals surface area (Å²) in [5.41, 5.74) is 5.29. The van der Waals surface area contributed by atoms with Crippen molar-refractivity contribution in [2.75, 3.05) is 26.2 Å². The van der Waals surface area contributed by atoms with E-state index in [4.69, 9.17) is 4.74 Å². The maximum atomic E-state index is 13.1. The van der Waals surface area contributed by atoms with Gasteiger partial charge in [-0.2, -0.15) is 0 Å². The van der Waals surface area contributed by atoms with Crippen molar-refractivity contribution < 1.29 is 14.3 Å². The lowest BCUT2D eigenvalue weighted by Crippen LogP contribution is -2.47. The molecule has 5 rings (SSSR count). The Kier molecular flexibility index (Phi) is 5.39. The fraction of sp³-hybridized carbons (Fsp3) is 0.320. The van der Waals surface area contributed by atoms with Gasteiger partial charge >= 0.3 is 6.03 Å². The predicted molar refractivity (Wildman–Crippen MR) is 121 cm³/mol. The van der Waals surface area contributed by atoms with Crippen LogP contribution in [0.25, 0.3) is 22.5 Å². The highest BCUT2D eigenvalue weighted by molar-refractivity contribution is 5.83. The zero-order valence-corrected chi connectivity index (χ0v) is 18.1. The summed E-state index contributed by atoms with van der Waals surface area (Å²) < 4.78 is 6.04. The highest BCUT2D eigenvalue weighted by Crippen LogP contribution is 2.34. The molecule has 1 N–H and O–H groups in total. The monoisotopic (exact) mass is 430 g/mol. The third-order valence-electron chi connectivity index (χ3n) is 6.17. The summed E-state index contributed by atoms with van der Waals surface area (Å²) in [6.45, 7) is 4.55. The molecule has 3 aromatic rings. The molecule has 2 aromatic carbocycles. The number of likely N-dealkylation sites (tertiary alicyclic amines) is 1. The number of imidazole rings is 1. The number of amides is 2. The molecule has 0 atom stereocenters. The number of rotatable bonds is 2. The van der Waals surface area contributed by atoms with E-state index in [1.807, 2.05) is 18.0 Å². The molecule has 0 spiro atoms. The fourth-order valence-corrected chi connectivity index (χ4v) is 4.43. The minimum absolute atomic E-state index is 0.0141. The summed E-state index contributed by atoms with van der Waals surface area (Å²) in [4.78, 5) is 35.7. The van der Waals surface area contributed by atoms with Crippen LogP contribution in [0.4, 0.5) is 4.79 Å². The highest BCUT2D eigenvalue weighted by Gasteiger charge is 2.28. The molecule has 0 radical (unpaired) electrons. The van der Waals surface area contributed by atoms with Crippen LogP contribution in [0, 0.1) is 6.92 Å². The largest absolute Gasteiger partial charge is 0.491 e. The number of urea groups is 1. The SMILES string of the molecule is Cc1cc(-c2ccc(-c3ncc[nH]3)cc2)cc2c1OCCN(C(=O)N1CCC(=O)CC1)C2. The van der Waals surface area contributed by atoms with Gasteiger partial charge in [-0.15, -0.1) is 0 Å². The number of aromatic nitrogens is 2. The minimum atomic E-state index is -0.0141. The second-order valence-corrected chi connectivity index (χ2v) is 8.37. The number of piperidine rings is 1. The van der Waals surface area contributed by atoms with Gasteiger partial charge in [-0.05, 0) is 35.7 Å². The lowest BCUT2D eigenvalue weighted by Gasteiger charge is -2.31. The van der Waals surface area contributed by atoms with Gasteiger partial charge in [-0.1, -0.05) is 24.3 Å². The summed E-state index contributed by atoms with van der Waals surface area (Å²) in [6.07, 6.45) is 4.45. The summed E-state index contributed by atoms with van der Waals surface area (Å²) in [7, 11) is 0. The van der Waals surface area contributed by atoms with E-state index in [0.717, 1.165) is 39.4 Å². The number of nitrogens with one attached hydrogen (secondary N) is 1. The van der Waals surface area contributed by atoms with Crippen LogP contribution in [0.1, 0.15) is 24.0 Å². The normalized spacial score (nSPS) is 16.3. The van der Waals surface area contributed by atoms with E-state index in [1.165, 1.54) is 0 Å². The quantitative estimate of drug-likeness (QED) is 0.666. The Labute approximate surface area is 187 Å². The molecule has 2 aliphatic heterocycles. The lowest BCUT2D eigenvalue weighted by atomic mass is 9.98. The molecular weight excluding hydrogens is 404 g/mol. The number of fused-ring (bicyclic) bond motifs is 1. The zero-order valence-electron chi connectivity index (χ0n) is 18.1. The molecule has 3 heterocycles. The first-order chi connectivity index (χ1) is 15.6. The Balaban J connectivity index is 1.40. The van der Waals surface area contributed by atoms with E-state index >= 15 is 0 Å². The molecule has 1 aromatic heterocycles. The molecule has 1 fully saturated rings. The molecule has 0 bridgehead atoms. The van der Waals surface area contributed by atoms with E-state index in [1.54, 1.807) is 11.1 Å². The van der Waals surface area contributed by atoms with Crippen LogP contribution in [0.5, 0.6) is 5.75 Å². The topological polar surface area (TPSA) is 78.5 Å². The maximum Gasteiger partial charge on any atom is 0.320 e. The zero-order chi connectivity index (χ0) is 22.1. The van der Waals surface area contributed by atoms with E-state index in [0.29, 0.717) is 45.6 Å². The molecule has 0 saturated carbocycles. The number of carbonyl (C=O) groups excluding carboxylic acids is 2. The van der Waals surface area contributed by atoms with Gasteiger partial charge in [0.2, 0.25) is 0 Å². The predicted octanol–water partition coefficient (Wildman–Crippen LogP) is 4.03. The summed E-state index contributed by atoms with van der Waals surface area (Å²) in [5, 5.41) is 0. The third kappa shape index (κ3) is 3.98. The first-order valence-corrected chi connectivity index (χ1v) is 11.0. The number of H-pyrrole nitrogens is 1. The highest BCUT2D eigenvalue weighted by atomic mass is 16.5. The maximum absolute atomic E-state index is 13.1. The molecule has 7 nitrogen and oxygen atoms in total. The van der Waals surface area contributed by atoms with E-state index in [2.05, 4.69) is 46.4 Å². The molecular formula is C25H26N4O3. The van der Waals surface area contributed by atoms with Crippen molar-refractivity contribution in [2.24, 2.45) is 0 Å². The van der Waals surface area contributed by atoms with Crippen LogP contribution < -0.4 is 4.74 Å². The molecule has 7 heteroatoms. The first-order valence-electron chi connectivity index (χ1n) is 11.0. The summed E-state index contributed by atoms with van der Waals surface area (Å²) in [5.74, 6) is 1.94. The van der Waals surface area contributed by atoms with Gasteiger partial charge in [0.25, 0.3) is 0 Å². The Morgan fingerprint density at radius 1 is 1.00 bits per heavy atom. The van der Waals surface area contributed by atoms with Crippen LogP contribution in [0.2, 0.25) is 0 Å². The number of ketones is 1. The molecule has 0 aliphatic carbocycles. The average molecular weight is 431 g/mol. The number of carbonyl (C=O) groups is 2. The van der Waals surface area contributed by atoms with Gasteiger partial charge in [-0.25, -0.2) is 9.78 Å². The second-order valence-electron chi connectivity index (χ2n) is 8.37.